The summed E-state index contributed by atoms with van der Waals surface area (Å²) < 4.78 is 28.0. The third-order valence-electron chi connectivity index (χ3n) is 4.40. The molecule has 3 rings (SSSR count). The van der Waals surface area contributed by atoms with E-state index in [9.17, 15) is 8.42 Å². The van der Waals surface area contributed by atoms with Crippen LogP contribution in [0.3, 0.4) is 0 Å². The topological polar surface area (TPSA) is 77.6 Å². The number of hydrogen-bond donors (Lipinski definition) is 2. The van der Waals surface area contributed by atoms with Crippen molar-refractivity contribution in [3.63, 3.8) is 0 Å². The highest BCUT2D eigenvalue weighted by atomic mass is 32.2. The molecule has 25 heavy (non-hydrogen) atoms. The lowest BCUT2D eigenvalue weighted by atomic mass is 10.2. The molecule has 0 unspecified atom stereocenters. The van der Waals surface area contributed by atoms with Crippen molar-refractivity contribution in [2.45, 2.75) is 4.90 Å². The summed E-state index contributed by atoms with van der Waals surface area (Å²) in [6.45, 7) is 3.83. The Labute approximate surface area is 148 Å². The summed E-state index contributed by atoms with van der Waals surface area (Å²) in [5, 5.41) is 8.84. The molecular weight excluding hydrogens is 336 g/mol. The van der Waals surface area contributed by atoms with E-state index in [-0.39, 0.29) is 4.90 Å². The Morgan fingerprint density at radius 1 is 1.08 bits per heavy atom. The Balaban J connectivity index is 1.86. The Kier molecular flexibility index (Phi) is 4.93. The number of rotatable bonds is 4. The number of nitrogens with zero attached hydrogens (tertiary/aromatic N) is 2. The summed E-state index contributed by atoms with van der Waals surface area (Å²) in [7, 11) is -1.54. The summed E-state index contributed by atoms with van der Waals surface area (Å²) in [5.74, 6) is 0. The van der Waals surface area contributed by atoms with Crippen LogP contribution in [-0.2, 0) is 10.0 Å². The number of para-hydroxylation sites is 2. The summed E-state index contributed by atoms with van der Waals surface area (Å²) in [5.41, 5.74) is 1.90. The molecule has 2 N–H and O–H groups in total. The van der Waals surface area contributed by atoms with E-state index >= 15 is 0 Å². The lowest BCUT2D eigenvalue weighted by Crippen LogP contribution is -3.12. The maximum Gasteiger partial charge on any atom is 0.261 e. The number of quaternary nitrogens is 1. The van der Waals surface area contributed by atoms with Crippen LogP contribution in [0.2, 0.25) is 0 Å². The molecule has 0 aliphatic carbocycles. The molecule has 130 valence electrons. The van der Waals surface area contributed by atoms with E-state index in [2.05, 4.69) is 16.7 Å². The highest BCUT2D eigenvalue weighted by molar-refractivity contribution is 7.92. The van der Waals surface area contributed by atoms with Crippen molar-refractivity contribution >= 4 is 21.4 Å². The lowest BCUT2D eigenvalue weighted by Gasteiger charge is -2.33. The van der Waals surface area contributed by atoms with Crippen molar-refractivity contribution < 1.29 is 13.3 Å². The Morgan fingerprint density at radius 3 is 2.36 bits per heavy atom. The lowest BCUT2D eigenvalue weighted by molar-refractivity contribution is -0.880. The van der Waals surface area contributed by atoms with Crippen LogP contribution in [0.1, 0.15) is 5.56 Å². The highest BCUT2D eigenvalue weighted by Crippen LogP contribution is 2.28. The number of likely N-dealkylation sites (N-methyl/N-ethyl adjacent to an activating group) is 1. The van der Waals surface area contributed by atoms with Gasteiger partial charge in [0.25, 0.3) is 10.0 Å². The fraction of sp³-hybridized carbons (Fsp3) is 0.278. The number of sulfonamides is 1. The second kappa shape index (κ2) is 7.13. The SMILES string of the molecule is C[NH+]1CCN(c2ccccc2NS(=O)(=O)c2ccc(C#N)cc2)CC1. The molecule has 0 amide bonds. The first-order chi connectivity index (χ1) is 12.0. The molecule has 1 aliphatic rings. The van der Waals surface area contributed by atoms with E-state index in [1.54, 1.807) is 6.07 Å². The van der Waals surface area contributed by atoms with Crippen LogP contribution in [0.4, 0.5) is 11.4 Å². The van der Waals surface area contributed by atoms with Gasteiger partial charge in [-0.1, -0.05) is 12.1 Å². The molecule has 7 heteroatoms. The second-order valence-corrected chi connectivity index (χ2v) is 7.89. The number of nitrogens with one attached hydrogen (secondary N) is 2. The Morgan fingerprint density at radius 2 is 1.72 bits per heavy atom. The molecule has 0 saturated carbocycles. The van der Waals surface area contributed by atoms with Crippen molar-refractivity contribution in [1.82, 2.24) is 0 Å². The van der Waals surface area contributed by atoms with Crippen LogP contribution >= 0.6 is 0 Å². The zero-order valence-electron chi connectivity index (χ0n) is 14.1. The maximum atomic E-state index is 12.7. The minimum absolute atomic E-state index is 0.143. The largest absolute Gasteiger partial charge is 0.359 e. The molecule has 0 spiro atoms. The molecule has 2 aromatic rings. The van der Waals surface area contributed by atoms with Gasteiger partial charge in [-0.05, 0) is 36.4 Å². The van der Waals surface area contributed by atoms with Crippen molar-refractivity contribution in [3.8, 4) is 6.07 Å². The summed E-state index contributed by atoms with van der Waals surface area (Å²) in [4.78, 5) is 3.83. The molecule has 0 radical (unpaired) electrons. The summed E-state index contributed by atoms with van der Waals surface area (Å²) in [6, 6.07) is 15.3. The molecule has 0 atom stereocenters. The maximum absolute atomic E-state index is 12.7. The van der Waals surface area contributed by atoms with Crippen molar-refractivity contribution in [1.29, 1.82) is 5.26 Å². The molecule has 6 nitrogen and oxygen atoms in total. The summed E-state index contributed by atoms with van der Waals surface area (Å²) in [6.07, 6.45) is 0. The monoisotopic (exact) mass is 357 g/mol. The van der Waals surface area contributed by atoms with Crippen LogP contribution < -0.4 is 14.5 Å². The van der Waals surface area contributed by atoms with Gasteiger partial charge in [0, 0.05) is 0 Å². The van der Waals surface area contributed by atoms with Gasteiger partial charge in [0.1, 0.15) is 0 Å². The van der Waals surface area contributed by atoms with Gasteiger partial charge in [0.05, 0.1) is 61.1 Å². The molecular formula is C18H21N4O2S+. The first kappa shape index (κ1) is 17.3. The predicted molar refractivity (Wildman–Crippen MR) is 97.2 cm³/mol. The number of hydrogen-bond acceptors (Lipinski definition) is 4. The van der Waals surface area contributed by atoms with Crippen LogP contribution in [-0.4, -0.2) is 41.6 Å². The average Bonchev–Trinajstić information content (AvgIpc) is 2.63. The number of piperazine rings is 1. The first-order valence-corrected chi connectivity index (χ1v) is 9.66. The zero-order chi connectivity index (χ0) is 17.9. The second-order valence-electron chi connectivity index (χ2n) is 6.20. The van der Waals surface area contributed by atoms with E-state index in [0.29, 0.717) is 11.3 Å². The quantitative estimate of drug-likeness (QED) is 0.844. The molecule has 1 heterocycles. The van der Waals surface area contributed by atoms with E-state index in [0.717, 1.165) is 31.9 Å². The number of nitriles is 1. The highest BCUT2D eigenvalue weighted by Gasteiger charge is 2.21. The fourth-order valence-electron chi connectivity index (χ4n) is 2.88. The zero-order valence-corrected chi connectivity index (χ0v) is 14.9. The Bertz CT molecular complexity index is 880. The third kappa shape index (κ3) is 3.92. The van der Waals surface area contributed by atoms with Gasteiger partial charge < -0.3 is 9.80 Å². The van der Waals surface area contributed by atoms with Gasteiger partial charge in [-0.15, -0.1) is 0 Å². The molecule has 0 aromatic heterocycles. The van der Waals surface area contributed by atoms with E-state index in [1.165, 1.54) is 29.2 Å². The van der Waals surface area contributed by atoms with Crippen LogP contribution in [0, 0.1) is 11.3 Å². The van der Waals surface area contributed by atoms with Gasteiger partial charge in [-0.2, -0.15) is 5.26 Å². The van der Waals surface area contributed by atoms with Gasteiger partial charge >= 0.3 is 0 Å². The fourth-order valence-corrected chi connectivity index (χ4v) is 3.95. The summed E-state index contributed by atoms with van der Waals surface area (Å²) >= 11 is 0. The van der Waals surface area contributed by atoms with E-state index < -0.39 is 10.0 Å². The molecule has 0 bridgehead atoms. The third-order valence-corrected chi connectivity index (χ3v) is 5.78. The van der Waals surface area contributed by atoms with Crippen molar-refractivity contribution in [3.05, 3.63) is 54.1 Å². The van der Waals surface area contributed by atoms with Crippen LogP contribution in [0.15, 0.2) is 53.4 Å². The van der Waals surface area contributed by atoms with Crippen LogP contribution in [0.5, 0.6) is 0 Å². The molecule has 1 fully saturated rings. The van der Waals surface area contributed by atoms with Crippen molar-refractivity contribution in [2.24, 2.45) is 0 Å². The van der Waals surface area contributed by atoms with Gasteiger partial charge in [-0.3, -0.25) is 4.72 Å². The first-order valence-electron chi connectivity index (χ1n) is 8.18. The van der Waals surface area contributed by atoms with Gasteiger partial charge in [0.15, 0.2) is 0 Å². The van der Waals surface area contributed by atoms with E-state index in [1.807, 2.05) is 24.3 Å². The molecule has 1 saturated heterocycles. The normalized spacial score (nSPS) is 15.6. The minimum Gasteiger partial charge on any atom is -0.359 e. The molecule has 1 aliphatic heterocycles. The standard InChI is InChI=1S/C18H20N4O2S/c1-21-10-12-22(13-11-21)18-5-3-2-4-17(18)20-25(23,24)16-8-6-15(14-19)7-9-16/h2-9,20H,10-13H2,1H3/p+1. The minimum atomic E-state index is -3.70. The van der Waals surface area contributed by atoms with Crippen molar-refractivity contribution in [2.75, 3.05) is 42.8 Å². The predicted octanol–water partition coefficient (Wildman–Crippen LogP) is 0.694. The van der Waals surface area contributed by atoms with Gasteiger partial charge in [-0.25, -0.2) is 8.42 Å². The molecule has 2 aromatic carbocycles. The average molecular weight is 357 g/mol. The number of anilines is 2. The van der Waals surface area contributed by atoms with E-state index in [4.69, 9.17) is 5.26 Å². The smallest absolute Gasteiger partial charge is 0.261 e. The number of benzene rings is 2. The Hall–Kier alpha value is -2.56. The van der Waals surface area contributed by atoms with Gasteiger partial charge in [0.2, 0.25) is 0 Å². The van der Waals surface area contributed by atoms with Crippen LogP contribution in [0.25, 0.3) is 0 Å².